The van der Waals surface area contributed by atoms with Gasteiger partial charge in [0.1, 0.15) is 10.8 Å². The third-order valence-electron chi connectivity index (χ3n) is 5.78. The van der Waals surface area contributed by atoms with Gasteiger partial charge in [0.05, 0.1) is 12.3 Å². The number of fused-ring (bicyclic) bond motifs is 1. The summed E-state index contributed by atoms with van der Waals surface area (Å²) in [5, 5.41) is 8.42. The van der Waals surface area contributed by atoms with E-state index in [1.54, 1.807) is 11.3 Å². The quantitative estimate of drug-likeness (QED) is 0.230. The number of nitrogens with zero attached hydrogens (tertiary/aromatic N) is 1. The topological polar surface area (TPSA) is 51.2 Å². The van der Waals surface area contributed by atoms with Gasteiger partial charge in [0.2, 0.25) is 5.91 Å². The molecule has 0 atom stereocenters. The van der Waals surface area contributed by atoms with Gasteiger partial charge < -0.3 is 10.1 Å². The number of hydrogen-bond acceptors (Lipinski definition) is 4. The van der Waals surface area contributed by atoms with Gasteiger partial charge in [-0.25, -0.2) is 4.98 Å². The number of benzene rings is 4. The fourth-order valence-corrected chi connectivity index (χ4v) is 4.76. The zero-order chi connectivity index (χ0) is 23.9. The maximum absolute atomic E-state index is 12.3. The minimum absolute atomic E-state index is 0.0260. The molecule has 0 aliphatic carbocycles. The van der Waals surface area contributed by atoms with Crippen LogP contribution >= 0.6 is 11.3 Å². The van der Waals surface area contributed by atoms with E-state index in [0.717, 1.165) is 38.5 Å². The van der Waals surface area contributed by atoms with Crippen molar-refractivity contribution in [3.8, 4) is 27.6 Å². The van der Waals surface area contributed by atoms with Crippen LogP contribution in [-0.2, 0) is 11.3 Å². The number of hydrogen-bond donors (Lipinski definition) is 1. The first kappa shape index (κ1) is 22.8. The lowest BCUT2D eigenvalue weighted by Crippen LogP contribution is -2.23. The molecule has 0 unspecified atom stereocenters. The fraction of sp³-hybridized carbons (Fsp3) is 0.133. The van der Waals surface area contributed by atoms with Crippen molar-refractivity contribution in [1.29, 1.82) is 0 Å². The normalized spacial score (nSPS) is 10.9. The molecular formula is C30H26N2O2S. The van der Waals surface area contributed by atoms with Gasteiger partial charge in [-0.2, -0.15) is 0 Å². The maximum Gasteiger partial charge on any atom is 0.220 e. The maximum atomic E-state index is 12.3. The predicted octanol–water partition coefficient (Wildman–Crippen LogP) is 7.11. The first-order valence-electron chi connectivity index (χ1n) is 11.7. The molecule has 174 valence electrons. The molecule has 0 fully saturated rings. The standard InChI is InChI=1S/C30H26N2O2S/c33-29(14-7-17-34-27-16-15-23-9-4-5-12-25(23)19-27)31-20-22-8-6-13-26(18-22)30-32-28(21-35-30)24-10-2-1-3-11-24/h1-6,8-13,15-16,18-19,21H,7,14,17,20H2,(H,31,33). The van der Waals surface area contributed by atoms with Crippen LogP contribution in [0.2, 0.25) is 0 Å². The number of aromatic nitrogens is 1. The molecule has 1 heterocycles. The van der Waals surface area contributed by atoms with Crippen molar-refractivity contribution in [2.45, 2.75) is 19.4 Å². The lowest BCUT2D eigenvalue weighted by molar-refractivity contribution is -0.121. The monoisotopic (exact) mass is 478 g/mol. The second-order valence-electron chi connectivity index (χ2n) is 8.34. The van der Waals surface area contributed by atoms with Crippen molar-refractivity contribution < 1.29 is 9.53 Å². The van der Waals surface area contributed by atoms with Crippen LogP contribution in [0.5, 0.6) is 5.75 Å². The van der Waals surface area contributed by atoms with Crippen molar-refractivity contribution in [3.63, 3.8) is 0 Å². The predicted molar refractivity (Wildman–Crippen MR) is 144 cm³/mol. The number of ether oxygens (including phenoxy) is 1. The van der Waals surface area contributed by atoms with Crippen molar-refractivity contribution in [2.24, 2.45) is 0 Å². The average Bonchev–Trinajstić information content (AvgIpc) is 3.41. The third kappa shape index (κ3) is 5.94. The van der Waals surface area contributed by atoms with Gasteiger partial charge in [-0.1, -0.05) is 78.9 Å². The first-order valence-corrected chi connectivity index (χ1v) is 12.6. The average molecular weight is 479 g/mol. The molecule has 0 radical (unpaired) electrons. The molecule has 0 bridgehead atoms. The molecule has 5 heteroatoms. The van der Waals surface area contributed by atoms with E-state index in [9.17, 15) is 4.79 Å². The first-order chi connectivity index (χ1) is 17.2. The van der Waals surface area contributed by atoms with Crippen LogP contribution in [0.3, 0.4) is 0 Å². The van der Waals surface area contributed by atoms with E-state index in [1.807, 2.05) is 54.6 Å². The van der Waals surface area contributed by atoms with E-state index in [1.165, 1.54) is 5.39 Å². The van der Waals surface area contributed by atoms with Crippen molar-refractivity contribution in [3.05, 3.63) is 108 Å². The van der Waals surface area contributed by atoms with Gasteiger partial charge >= 0.3 is 0 Å². The number of carbonyl (C=O) groups is 1. The highest BCUT2D eigenvalue weighted by atomic mass is 32.1. The van der Waals surface area contributed by atoms with Crippen LogP contribution in [0.25, 0.3) is 32.6 Å². The van der Waals surface area contributed by atoms with Gasteiger partial charge in [-0.3, -0.25) is 4.79 Å². The summed E-state index contributed by atoms with van der Waals surface area (Å²) in [6, 6.07) is 32.6. The van der Waals surface area contributed by atoms with Crippen LogP contribution < -0.4 is 10.1 Å². The molecule has 4 nitrogen and oxygen atoms in total. The highest BCUT2D eigenvalue weighted by Crippen LogP contribution is 2.29. The van der Waals surface area contributed by atoms with Crippen LogP contribution in [0.1, 0.15) is 18.4 Å². The highest BCUT2D eigenvalue weighted by molar-refractivity contribution is 7.13. The summed E-state index contributed by atoms with van der Waals surface area (Å²) >= 11 is 1.63. The molecule has 0 saturated carbocycles. The summed E-state index contributed by atoms with van der Waals surface area (Å²) in [5.41, 5.74) is 4.21. The summed E-state index contributed by atoms with van der Waals surface area (Å²) in [5.74, 6) is 0.858. The summed E-state index contributed by atoms with van der Waals surface area (Å²) < 4.78 is 5.84. The minimum atomic E-state index is 0.0260. The van der Waals surface area contributed by atoms with Crippen LogP contribution in [0.15, 0.2) is 102 Å². The summed E-state index contributed by atoms with van der Waals surface area (Å²) in [4.78, 5) is 17.1. The zero-order valence-electron chi connectivity index (χ0n) is 19.3. The molecule has 0 spiro atoms. The van der Waals surface area contributed by atoms with E-state index in [4.69, 9.17) is 9.72 Å². The van der Waals surface area contributed by atoms with E-state index in [0.29, 0.717) is 26.0 Å². The fourth-order valence-electron chi connectivity index (χ4n) is 3.93. The van der Waals surface area contributed by atoms with Crippen LogP contribution in [0, 0.1) is 0 Å². The Bertz CT molecular complexity index is 1430. The van der Waals surface area contributed by atoms with E-state index >= 15 is 0 Å². The Kier molecular flexibility index (Phi) is 7.16. The Morgan fingerprint density at radius 3 is 2.51 bits per heavy atom. The molecule has 0 saturated heterocycles. The number of amides is 1. The van der Waals surface area contributed by atoms with Crippen molar-refractivity contribution in [2.75, 3.05) is 6.61 Å². The van der Waals surface area contributed by atoms with E-state index in [-0.39, 0.29) is 5.91 Å². The Morgan fingerprint density at radius 2 is 1.63 bits per heavy atom. The second kappa shape index (κ2) is 11.0. The number of carbonyl (C=O) groups excluding carboxylic acids is 1. The van der Waals surface area contributed by atoms with Gasteiger partial charge in [-0.15, -0.1) is 11.3 Å². The Balaban J connectivity index is 1.09. The Morgan fingerprint density at radius 1 is 0.829 bits per heavy atom. The molecule has 35 heavy (non-hydrogen) atoms. The Hall–Kier alpha value is -3.96. The Labute approximate surface area is 209 Å². The molecule has 0 aliphatic rings. The van der Waals surface area contributed by atoms with Gasteiger partial charge in [0.25, 0.3) is 0 Å². The van der Waals surface area contributed by atoms with E-state index in [2.05, 4.69) is 53.2 Å². The van der Waals surface area contributed by atoms with E-state index < -0.39 is 0 Å². The highest BCUT2D eigenvalue weighted by Gasteiger charge is 2.08. The zero-order valence-corrected chi connectivity index (χ0v) is 20.1. The smallest absolute Gasteiger partial charge is 0.220 e. The lowest BCUT2D eigenvalue weighted by atomic mass is 10.1. The van der Waals surface area contributed by atoms with Gasteiger partial charge in [-0.05, 0) is 41.0 Å². The molecule has 5 rings (SSSR count). The lowest BCUT2D eigenvalue weighted by Gasteiger charge is -2.09. The molecule has 4 aromatic carbocycles. The molecule has 1 aromatic heterocycles. The van der Waals surface area contributed by atoms with Crippen molar-refractivity contribution >= 4 is 28.0 Å². The summed E-state index contributed by atoms with van der Waals surface area (Å²) in [6.07, 6.45) is 1.10. The third-order valence-corrected chi connectivity index (χ3v) is 6.67. The molecule has 5 aromatic rings. The molecular weight excluding hydrogens is 452 g/mol. The van der Waals surface area contributed by atoms with Gasteiger partial charge in [0.15, 0.2) is 0 Å². The molecule has 1 N–H and O–H groups in total. The molecule has 0 aliphatic heterocycles. The number of thiazole rings is 1. The van der Waals surface area contributed by atoms with Crippen LogP contribution in [-0.4, -0.2) is 17.5 Å². The summed E-state index contributed by atoms with van der Waals surface area (Å²) in [6.45, 7) is 1.00. The van der Waals surface area contributed by atoms with Gasteiger partial charge in [0, 0.05) is 29.5 Å². The number of nitrogens with one attached hydrogen (secondary N) is 1. The van der Waals surface area contributed by atoms with Crippen LogP contribution in [0.4, 0.5) is 0 Å². The SMILES string of the molecule is O=C(CCCOc1ccc2ccccc2c1)NCc1cccc(-c2nc(-c3ccccc3)cs2)c1. The molecule has 1 amide bonds. The minimum Gasteiger partial charge on any atom is -0.494 e. The summed E-state index contributed by atoms with van der Waals surface area (Å²) in [7, 11) is 0. The van der Waals surface area contributed by atoms with Crippen molar-refractivity contribution in [1.82, 2.24) is 10.3 Å². The second-order valence-corrected chi connectivity index (χ2v) is 9.20. The largest absolute Gasteiger partial charge is 0.494 e. The number of rotatable bonds is 9.